The predicted molar refractivity (Wildman–Crippen MR) is 42.4 cm³/mol. The molecule has 0 radical (unpaired) electrons. The molecule has 68 valence electrons. The lowest BCUT2D eigenvalue weighted by Crippen LogP contribution is -2.10. The lowest BCUT2D eigenvalue weighted by atomic mass is 9.93. The Morgan fingerprint density at radius 2 is 1.54 bits per heavy atom. The quantitative estimate of drug-likeness (QED) is 0.332. The van der Waals surface area contributed by atoms with Gasteiger partial charge in [-0.15, -0.1) is 5.92 Å². The summed E-state index contributed by atoms with van der Waals surface area (Å²) in [4.78, 5) is 0. The maximum Gasteiger partial charge on any atom is 0.558 e. The minimum Gasteiger partial charge on any atom is -0.438 e. The summed E-state index contributed by atoms with van der Waals surface area (Å²) in [6.07, 6.45) is 0. The first kappa shape index (κ1) is 9.65. The molecule has 0 heterocycles. The minimum absolute atomic E-state index is 0.153. The van der Waals surface area contributed by atoms with Crippen LogP contribution in [0.3, 0.4) is 0 Å². The second-order valence-corrected chi connectivity index (χ2v) is 2.35. The first-order chi connectivity index (χ1) is 5.97. The van der Waals surface area contributed by atoms with E-state index < -0.39 is 12.8 Å². The molecule has 5 heteroatoms. The van der Waals surface area contributed by atoms with Crippen molar-refractivity contribution in [3.05, 3.63) is 35.6 Å². The fourth-order valence-corrected chi connectivity index (χ4v) is 0.698. The predicted octanol–water partition coefficient (Wildman–Crippen LogP) is 2.56. The molecule has 0 unspecified atom stereocenters. The average Bonchev–Trinajstić information content (AvgIpc) is 2.02. The number of hydrogen-bond acceptors (Lipinski definition) is 0. The summed E-state index contributed by atoms with van der Waals surface area (Å²) in [5, 5.41) is 0. The molecule has 0 nitrogen and oxygen atoms in total. The van der Waals surface area contributed by atoms with Gasteiger partial charge in [0.2, 0.25) is 0 Å². The summed E-state index contributed by atoms with van der Waals surface area (Å²) in [5.41, 5.74) is 0.153. The Kier molecular flexibility index (Phi) is 2.62. The first-order valence-corrected chi connectivity index (χ1v) is 3.45. The summed E-state index contributed by atoms with van der Waals surface area (Å²) >= 11 is 0. The molecule has 0 saturated carbocycles. The molecule has 0 saturated heterocycles. The SMILES string of the molecule is Fc1ccc(C#C[B-](F)(F)F)cc1. The molecule has 0 aliphatic carbocycles. The van der Waals surface area contributed by atoms with Crippen LogP contribution in [0.15, 0.2) is 24.3 Å². The Bertz CT molecular complexity index is 341. The Hall–Kier alpha value is -1.44. The molecule has 1 aromatic carbocycles. The van der Waals surface area contributed by atoms with Crippen molar-refractivity contribution in [1.29, 1.82) is 0 Å². The van der Waals surface area contributed by atoms with Gasteiger partial charge >= 0.3 is 6.98 Å². The van der Waals surface area contributed by atoms with Gasteiger partial charge in [0.05, 0.1) is 0 Å². The van der Waals surface area contributed by atoms with E-state index in [9.17, 15) is 17.3 Å². The molecule has 0 aliphatic heterocycles. The monoisotopic (exact) mass is 187 g/mol. The van der Waals surface area contributed by atoms with E-state index in [1.54, 1.807) is 0 Å². The average molecular weight is 187 g/mol. The van der Waals surface area contributed by atoms with Gasteiger partial charge in [-0.3, -0.25) is 0 Å². The van der Waals surface area contributed by atoms with Crippen LogP contribution < -0.4 is 0 Å². The molecule has 0 atom stereocenters. The minimum atomic E-state index is -5.09. The molecule has 0 bridgehead atoms. The highest BCUT2D eigenvalue weighted by Gasteiger charge is 2.17. The van der Waals surface area contributed by atoms with Crippen molar-refractivity contribution in [1.82, 2.24) is 0 Å². The molecule has 1 rings (SSSR count). The van der Waals surface area contributed by atoms with E-state index in [0.29, 0.717) is 0 Å². The molecule has 0 N–H and O–H groups in total. The Labute approximate surface area is 72.6 Å². The van der Waals surface area contributed by atoms with Gasteiger partial charge in [0, 0.05) is 5.56 Å². The normalized spacial score (nSPS) is 10.5. The van der Waals surface area contributed by atoms with Gasteiger partial charge < -0.3 is 12.9 Å². The summed E-state index contributed by atoms with van der Waals surface area (Å²) in [5.74, 6) is 2.55. The fourth-order valence-electron chi connectivity index (χ4n) is 0.698. The van der Waals surface area contributed by atoms with E-state index in [4.69, 9.17) is 0 Å². The van der Waals surface area contributed by atoms with Crippen LogP contribution in [0, 0.1) is 17.6 Å². The zero-order chi connectivity index (χ0) is 9.90. The van der Waals surface area contributed by atoms with Crippen molar-refractivity contribution in [2.75, 3.05) is 0 Å². The fraction of sp³-hybridized carbons (Fsp3) is 0. The highest BCUT2D eigenvalue weighted by molar-refractivity contribution is 6.67. The molecular weight excluding hydrogens is 183 g/mol. The lowest BCUT2D eigenvalue weighted by molar-refractivity contribution is 0.504. The van der Waals surface area contributed by atoms with Crippen LogP contribution in [0.1, 0.15) is 5.56 Å². The second-order valence-electron chi connectivity index (χ2n) is 2.35. The number of benzene rings is 1. The van der Waals surface area contributed by atoms with Gasteiger partial charge in [-0.05, 0) is 24.3 Å². The van der Waals surface area contributed by atoms with E-state index >= 15 is 0 Å². The summed E-state index contributed by atoms with van der Waals surface area (Å²) in [6, 6.07) is 4.52. The maximum absolute atomic E-state index is 12.3. The van der Waals surface area contributed by atoms with E-state index in [2.05, 4.69) is 0 Å². The first-order valence-electron chi connectivity index (χ1n) is 3.45. The topological polar surface area (TPSA) is 0 Å². The van der Waals surface area contributed by atoms with Crippen LogP contribution in [0.4, 0.5) is 17.3 Å². The zero-order valence-electron chi connectivity index (χ0n) is 6.40. The largest absolute Gasteiger partial charge is 0.558 e. The molecule has 0 aromatic heterocycles. The highest BCUT2D eigenvalue weighted by Crippen LogP contribution is 2.06. The summed E-state index contributed by atoms with van der Waals surface area (Å²) < 4.78 is 47.2. The molecule has 0 aliphatic rings. The molecule has 0 amide bonds. The van der Waals surface area contributed by atoms with Gasteiger partial charge in [0.25, 0.3) is 0 Å². The van der Waals surface area contributed by atoms with Crippen LogP contribution >= 0.6 is 0 Å². The Morgan fingerprint density at radius 1 is 1.00 bits per heavy atom. The van der Waals surface area contributed by atoms with E-state index in [-0.39, 0.29) is 5.56 Å². The van der Waals surface area contributed by atoms with Crippen LogP contribution in [0.5, 0.6) is 0 Å². The van der Waals surface area contributed by atoms with Crippen molar-refractivity contribution in [2.24, 2.45) is 0 Å². The molecule has 13 heavy (non-hydrogen) atoms. The maximum atomic E-state index is 12.3. The molecule has 1 aromatic rings. The van der Waals surface area contributed by atoms with Crippen LogP contribution in [0.25, 0.3) is 0 Å². The molecule has 0 spiro atoms. The molecule has 0 fully saturated rings. The zero-order valence-corrected chi connectivity index (χ0v) is 6.40. The van der Waals surface area contributed by atoms with Crippen LogP contribution in [-0.4, -0.2) is 6.98 Å². The smallest absolute Gasteiger partial charge is 0.438 e. The van der Waals surface area contributed by atoms with Gasteiger partial charge in [0.1, 0.15) is 5.82 Å². The van der Waals surface area contributed by atoms with Crippen LogP contribution in [-0.2, 0) is 0 Å². The third kappa shape index (κ3) is 3.65. The van der Waals surface area contributed by atoms with Gasteiger partial charge in [-0.25, -0.2) is 4.39 Å². The standard InChI is InChI=1S/C8H4BF4/c10-8-3-1-7(2-4-8)5-6-9(11,12)13/h1-4H/q-1. The van der Waals surface area contributed by atoms with E-state index in [1.807, 2.05) is 5.92 Å². The Balaban J connectivity index is 2.85. The third-order valence-electron chi connectivity index (χ3n) is 1.22. The highest BCUT2D eigenvalue weighted by atomic mass is 19.4. The molecular formula is C8H4BF4-. The lowest BCUT2D eigenvalue weighted by Gasteiger charge is -2.02. The number of rotatable bonds is 0. The van der Waals surface area contributed by atoms with Gasteiger partial charge in [-0.2, -0.15) is 5.82 Å². The van der Waals surface area contributed by atoms with Crippen molar-refractivity contribution >= 4 is 6.98 Å². The van der Waals surface area contributed by atoms with Crippen LogP contribution in [0.2, 0.25) is 0 Å². The summed E-state index contributed by atoms with van der Waals surface area (Å²) in [6.45, 7) is -5.09. The summed E-state index contributed by atoms with van der Waals surface area (Å²) in [7, 11) is 0. The number of hydrogen-bond donors (Lipinski definition) is 0. The van der Waals surface area contributed by atoms with E-state index in [1.165, 1.54) is 12.1 Å². The Morgan fingerprint density at radius 3 is 2.00 bits per heavy atom. The van der Waals surface area contributed by atoms with Gasteiger partial charge in [-0.1, -0.05) is 0 Å². The van der Waals surface area contributed by atoms with Crippen molar-refractivity contribution in [2.45, 2.75) is 0 Å². The second kappa shape index (κ2) is 3.52. The van der Waals surface area contributed by atoms with Gasteiger partial charge in [0.15, 0.2) is 0 Å². The number of halogens is 4. The van der Waals surface area contributed by atoms with Crippen molar-refractivity contribution < 1.29 is 17.3 Å². The van der Waals surface area contributed by atoms with Crippen molar-refractivity contribution in [3.8, 4) is 11.7 Å². The third-order valence-corrected chi connectivity index (χ3v) is 1.22. The van der Waals surface area contributed by atoms with E-state index in [0.717, 1.165) is 18.0 Å². The van der Waals surface area contributed by atoms with Crippen molar-refractivity contribution in [3.63, 3.8) is 0 Å².